The van der Waals surface area contributed by atoms with Crippen LogP contribution in [0.15, 0.2) is 66.9 Å². The van der Waals surface area contributed by atoms with Crippen molar-refractivity contribution in [2.24, 2.45) is 0 Å². The smallest absolute Gasteiger partial charge is 0.340 e. The third kappa shape index (κ3) is 4.77. The van der Waals surface area contributed by atoms with Crippen LogP contribution in [0, 0.1) is 0 Å². The summed E-state index contributed by atoms with van der Waals surface area (Å²) in [6.45, 7) is 0. The molecule has 4 nitrogen and oxygen atoms in total. The van der Waals surface area contributed by atoms with Gasteiger partial charge in [0.2, 0.25) is 0 Å². The monoisotopic (exact) mass is 391 g/mol. The summed E-state index contributed by atoms with van der Waals surface area (Å²) in [5.74, 6) is -0.191. The van der Waals surface area contributed by atoms with E-state index in [2.05, 4.69) is 15.6 Å². The van der Waals surface area contributed by atoms with Gasteiger partial charge >= 0.3 is 6.18 Å². The zero-order valence-electron chi connectivity index (χ0n) is 13.7. The van der Waals surface area contributed by atoms with E-state index < -0.39 is 17.6 Å². The quantitative estimate of drug-likeness (QED) is 0.595. The molecule has 1 heterocycles. The van der Waals surface area contributed by atoms with Crippen molar-refractivity contribution in [3.63, 3.8) is 0 Å². The number of carbonyl (C=O) groups excluding carboxylic acids is 1. The molecule has 2 N–H and O–H groups in total. The summed E-state index contributed by atoms with van der Waals surface area (Å²) in [6.07, 6.45) is -2.93. The van der Waals surface area contributed by atoms with E-state index in [-0.39, 0.29) is 11.4 Å². The molecule has 0 spiro atoms. The molecule has 3 aromatic rings. The van der Waals surface area contributed by atoms with E-state index in [0.717, 1.165) is 12.1 Å². The average molecular weight is 392 g/mol. The lowest BCUT2D eigenvalue weighted by Gasteiger charge is -2.12. The predicted octanol–water partition coefficient (Wildman–Crippen LogP) is 5.75. The van der Waals surface area contributed by atoms with E-state index in [1.54, 1.807) is 36.4 Å². The highest BCUT2D eigenvalue weighted by molar-refractivity contribution is 6.30. The van der Waals surface area contributed by atoms with Crippen LogP contribution in [0.5, 0.6) is 0 Å². The van der Waals surface area contributed by atoms with Crippen molar-refractivity contribution < 1.29 is 18.0 Å². The summed E-state index contributed by atoms with van der Waals surface area (Å²) in [6, 6.07) is 14.2. The molecular weight excluding hydrogens is 379 g/mol. The summed E-state index contributed by atoms with van der Waals surface area (Å²) in [5.41, 5.74) is 0.415. The van der Waals surface area contributed by atoms with E-state index in [9.17, 15) is 18.0 Å². The van der Waals surface area contributed by atoms with Gasteiger partial charge in [-0.3, -0.25) is 4.79 Å². The van der Waals surface area contributed by atoms with E-state index in [1.807, 2.05) is 0 Å². The SMILES string of the molecule is O=C(Nc1ccc(Cl)cc1)c1cccnc1Nc1ccc(C(F)(F)F)cc1. The van der Waals surface area contributed by atoms with Crippen LogP contribution < -0.4 is 10.6 Å². The van der Waals surface area contributed by atoms with E-state index >= 15 is 0 Å². The van der Waals surface area contributed by atoms with Gasteiger partial charge in [0.15, 0.2) is 0 Å². The van der Waals surface area contributed by atoms with Crippen LogP contribution in [0.25, 0.3) is 0 Å². The minimum absolute atomic E-state index is 0.226. The molecule has 0 atom stereocenters. The normalized spacial score (nSPS) is 11.1. The molecule has 0 aliphatic heterocycles. The van der Waals surface area contributed by atoms with Crippen LogP contribution in [-0.4, -0.2) is 10.9 Å². The Kier molecular flexibility index (Phi) is 5.32. The first kappa shape index (κ1) is 18.7. The molecule has 0 saturated heterocycles. The molecule has 1 amide bonds. The number of aromatic nitrogens is 1. The Morgan fingerprint density at radius 2 is 1.56 bits per heavy atom. The highest BCUT2D eigenvalue weighted by atomic mass is 35.5. The largest absolute Gasteiger partial charge is 0.416 e. The number of nitrogens with zero attached hydrogens (tertiary/aromatic N) is 1. The van der Waals surface area contributed by atoms with Crippen molar-refractivity contribution in [1.29, 1.82) is 0 Å². The van der Waals surface area contributed by atoms with Crippen molar-refractivity contribution in [2.75, 3.05) is 10.6 Å². The molecule has 0 aliphatic rings. The van der Waals surface area contributed by atoms with Crippen LogP contribution in [-0.2, 0) is 6.18 Å². The van der Waals surface area contributed by atoms with E-state index in [0.29, 0.717) is 16.4 Å². The Hall–Kier alpha value is -3.06. The molecule has 0 fully saturated rings. The molecule has 0 radical (unpaired) electrons. The third-order valence-electron chi connectivity index (χ3n) is 3.63. The van der Waals surface area contributed by atoms with Crippen LogP contribution in [0.3, 0.4) is 0 Å². The number of nitrogens with one attached hydrogen (secondary N) is 2. The lowest BCUT2D eigenvalue weighted by atomic mass is 10.2. The number of amides is 1. The zero-order chi connectivity index (χ0) is 19.4. The standard InChI is InChI=1S/C19H13ClF3N3O/c20-13-5-9-15(10-6-13)26-18(27)16-2-1-11-24-17(16)25-14-7-3-12(4-8-14)19(21,22)23/h1-11H,(H,24,25)(H,26,27). The maximum Gasteiger partial charge on any atom is 0.416 e. The maximum atomic E-state index is 12.7. The molecule has 2 aromatic carbocycles. The molecule has 3 rings (SSSR count). The van der Waals surface area contributed by atoms with Crippen molar-refractivity contribution >= 4 is 34.7 Å². The number of alkyl halides is 3. The summed E-state index contributed by atoms with van der Waals surface area (Å²) >= 11 is 5.82. The number of anilines is 3. The van der Waals surface area contributed by atoms with Crippen LogP contribution in [0.2, 0.25) is 5.02 Å². The minimum Gasteiger partial charge on any atom is -0.340 e. The molecule has 0 saturated carbocycles. The van der Waals surface area contributed by atoms with Gasteiger partial charge in [0.25, 0.3) is 5.91 Å². The van der Waals surface area contributed by atoms with Crippen LogP contribution in [0.4, 0.5) is 30.4 Å². The first-order valence-corrected chi connectivity index (χ1v) is 8.17. The fourth-order valence-electron chi connectivity index (χ4n) is 2.30. The van der Waals surface area contributed by atoms with Crippen molar-refractivity contribution in [3.05, 3.63) is 83.0 Å². The first-order chi connectivity index (χ1) is 12.8. The number of benzene rings is 2. The van der Waals surface area contributed by atoms with Gasteiger partial charge in [0.05, 0.1) is 11.1 Å². The number of halogens is 4. The second-order valence-electron chi connectivity index (χ2n) is 5.56. The van der Waals surface area contributed by atoms with Gasteiger partial charge in [0, 0.05) is 22.6 Å². The predicted molar refractivity (Wildman–Crippen MR) is 98.4 cm³/mol. The zero-order valence-corrected chi connectivity index (χ0v) is 14.5. The Balaban J connectivity index is 1.79. The van der Waals surface area contributed by atoms with Gasteiger partial charge < -0.3 is 10.6 Å². The van der Waals surface area contributed by atoms with Gasteiger partial charge in [-0.2, -0.15) is 13.2 Å². The van der Waals surface area contributed by atoms with Crippen molar-refractivity contribution in [3.8, 4) is 0 Å². The number of hydrogen-bond acceptors (Lipinski definition) is 3. The van der Waals surface area contributed by atoms with Crippen molar-refractivity contribution in [1.82, 2.24) is 4.98 Å². The number of carbonyl (C=O) groups is 1. The summed E-state index contributed by atoms with van der Waals surface area (Å²) in [4.78, 5) is 16.6. The lowest BCUT2D eigenvalue weighted by molar-refractivity contribution is -0.137. The second kappa shape index (κ2) is 7.67. The molecule has 8 heteroatoms. The topological polar surface area (TPSA) is 54.0 Å². The molecule has 138 valence electrons. The summed E-state index contributed by atoms with van der Waals surface area (Å²) in [7, 11) is 0. The van der Waals surface area contributed by atoms with Crippen LogP contribution >= 0.6 is 11.6 Å². The summed E-state index contributed by atoms with van der Waals surface area (Å²) in [5, 5.41) is 6.12. The minimum atomic E-state index is -4.41. The number of hydrogen-bond donors (Lipinski definition) is 2. The molecule has 0 aliphatic carbocycles. The fraction of sp³-hybridized carbons (Fsp3) is 0.0526. The van der Waals surface area contributed by atoms with Gasteiger partial charge in [-0.25, -0.2) is 4.98 Å². The third-order valence-corrected chi connectivity index (χ3v) is 3.88. The highest BCUT2D eigenvalue weighted by Crippen LogP contribution is 2.30. The Morgan fingerprint density at radius 3 is 2.19 bits per heavy atom. The van der Waals surface area contributed by atoms with Gasteiger partial charge in [-0.15, -0.1) is 0 Å². The Morgan fingerprint density at radius 1 is 0.926 bits per heavy atom. The molecule has 0 unspecified atom stereocenters. The van der Waals surface area contributed by atoms with E-state index in [4.69, 9.17) is 11.6 Å². The lowest BCUT2D eigenvalue weighted by Crippen LogP contribution is -2.14. The van der Waals surface area contributed by atoms with Gasteiger partial charge in [0.1, 0.15) is 5.82 Å². The molecular formula is C19H13ClF3N3O. The Bertz CT molecular complexity index is 942. The second-order valence-corrected chi connectivity index (χ2v) is 6.00. The Labute approximate surface area is 158 Å². The van der Waals surface area contributed by atoms with Crippen molar-refractivity contribution in [2.45, 2.75) is 6.18 Å². The number of rotatable bonds is 4. The highest BCUT2D eigenvalue weighted by Gasteiger charge is 2.30. The van der Waals surface area contributed by atoms with E-state index in [1.165, 1.54) is 18.3 Å². The molecule has 0 bridgehead atoms. The van der Waals surface area contributed by atoms with Gasteiger partial charge in [-0.1, -0.05) is 11.6 Å². The fourth-order valence-corrected chi connectivity index (χ4v) is 2.43. The van der Waals surface area contributed by atoms with Crippen LogP contribution in [0.1, 0.15) is 15.9 Å². The summed E-state index contributed by atoms with van der Waals surface area (Å²) < 4.78 is 38.0. The first-order valence-electron chi connectivity index (χ1n) is 7.79. The average Bonchev–Trinajstić information content (AvgIpc) is 2.64. The maximum absolute atomic E-state index is 12.7. The van der Waals surface area contributed by atoms with Gasteiger partial charge in [-0.05, 0) is 60.7 Å². The number of pyridine rings is 1. The molecule has 27 heavy (non-hydrogen) atoms. The molecule has 1 aromatic heterocycles.